The van der Waals surface area contributed by atoms with Crippen LogP contribution < -0.4 is 0 Å². The van der Waals surface area contributed by atoms with Crippen molar-refractivity contribution in [1.29, 1.82) is 0 Å². The number of Topliss-reactive ketones (excluding diaryl/α,β-unsaturated/α-hetero) is 1. The number of hydrogen-bond acceptors (Lipinski definition) is 3. The van der Waals surface area contributed by atoms with Crippen LogP contribution in [0.5, 0.6) is 0 Å². The second-order valence-corrected chi connectivity index (χ2v) is 6.95. The van der Waals surface area contributed by atoms with E-state index < -0.39 is 0 Å². The molecule has 1 amide bonds. The van der Waals surface area contributed by atoms with Gasteiger partial charge in [-0.25, -0.2) is 0 Å². The van der Waals surface area contributed by atoms with Crippen molar-refractivity contribution in [3.05, 3.63) is 11.3 Å². The number of rotatable bonds is 11. The van der Waals surface area contributed by atoms with Crippen LogP contribution in [-0.4, -0.2) is 34.8 Å². The van der Waals surface area contributed by atoms with Gasteiger partial charge in [-0.1, -0.05) is 58.8 Å². The summed E-state index contributed by atoms with van der Waals surface area (Å²) in [6, 6.07) is -0.382. The Morgan fingerprint density at radius 1 is 1.17 bits per heavy atom. The van der Waals surface area contributed by atoms with Crippen molar-refractivity contribution in [2.45, 2.75) is 84.6 Å². The number of nitrogens with zero attached hydrogens (tertiary/aromatic N) is 1. The highest BCUT2D eigenvalue weighted by Crippen LogP contribution is 2.24. The first kappa shape index (κ1) is 19.7. The van der Waals surface area contributed by atoms with Gasteiger partial charge in [0.05, 0.1) is 6.04 Å². The van der Waals surface area contributed by atoms with E-state index in [1.54, 1.807) is 14.0 Å². The Morgan fingerprint density at radius 2 is 1.74 bits per heavy atom. The molecule has 0 aromatic carbocycles. The van der Waals surface area contributed by atoms with Crippen molar-refractivity contribution < 1.29 is 14.7 Å². The molecule has 1 rings (SSSR count). The number of aliphatic hydroxyl groups excluding tert-OH is 1. The molecule has 1 aliphatic heterocycles. The maximum Gasteiger partial charge on any atom is 0.261 e. The molecule has 132 valence electrons. The summed E-state index contributed by atoms with van der Waals surface area (Å²) in [6.07, 6.45) is 9.68. The molecule has 0 saturated carbocycles. The quantitative estimate of drug-likeness (QED) is 0.453. The van der Waals surface area contributed by atoms with Crippen LogP contribution in [0.2, 0.25) is 0 Å². The number of amides is 1. The van der Waals surface area contributed by atoms with Crippen LogP contribution in [0.25, 0.3) is 0 Å². The van der Waals surface area contributed by atoms with Crippen LogP contribution in [0.4, 0.5) is 0 Å². The summed E-state index contributed by atoms with van der Waals surface area (Å²) in [4.78, 5) is 25.5. The Bertz CT molecular complexity index is 442. The smallest absolute Gasteiger partial charge is 0.261 e. The van der Waals surface area contributed by atoms with Crippen molar-refractivity contribution in [3.63, 3.8) is 0 Å². The molecule has 0 spiro atoms. The highest BCUT2D eigenvalue weighted by atomic mass is 16.3. The van der Waals surface area contributed by atoms with E-state index in [2.05, 4.69) is 13.8 Å². The van der Waals surface area contributed by atoms with Gasteiger partial charge in [-0.15, -0.1) is 0 Å². The van der Waals surface area contributed by atoms with Crippen LogP contribution in [0, 0.1) is 5.92 Å². The average molecular weight is 323 g/mol. The van der Waals surface area contributed by atoms with E-state index in [1.807, 2.05) is 0 Å². The van der Waals surface area contributed by atoms with Gasteiger partial charge in [-0.2, -0.15) is 0 Å². The molecule has 0 aliphatic carbocycles. The van der Waals surface area contributed by atoms with E-state index in [0.717, 1.165) is 25.2 Å². The number of ketones is 1. The zero-order valence-corrected chi connectivity index (χ0v) is 15.2. The van der Waals surface area contributed by atoms with Gasteiger partial charge in [-0.3, -0.25) is 9.59 Å². The molecular weight excluding hydrogens is 290 g/mol. The highest BCUT2D eigenvalue weighted by Gasteiger charge is 2.37. The van der Waals surface area contributed by atoms with E-state index in [0.29, 0.717) is 6.42 Å². The lowest BCUT2D eigenvalue weighted by atomic mass is 9.99. The van der Waals surface area contributed by atoms with Crippen molar-refractivity contribution >= 4 is 11.7 Å². The monoisotopic (exact) mass is 323 g/mol. The topological polar surface area (TPSA) is 57.6 Å². The van der Waals surface area contributed by atoms with Crippen LogP contribution in [-0.2, 0) is 9.59 Å². The van der Waals surface area contributed by atoms with Gasteiger partial charge in [0.1, 0.15) is 11.3 Å². The summed E-state index contributed by atoms with van der Waals surface area (Å²) in [5.41, 5.74) is 0.00792. The molecule has 0 aromatic heterocycles. The van der Waals surface area contributed by atoms with Crippen molar-refractivity contribution in [2.75, 3.05) is 7.05 Å². The van der Waals surface area contributed by atoms with Gasteiger partial charge in [0.15, 0.2) is 5.78 Å². The standard InChI is InChI=1S/C19H33NO3/c1-5-14(2)12-10-8-6-7-9-11-13-16(21)17-18(22)15(3)20(4)19(17)23/h14-15,22H,5-13H2,1-4H3/t14-,15+/m0/s1. The van der Waals surface area contributed by atoms with Gasteiger partial charge in [-0.05, 0) is 19.3 Å². The number of carbonyl (C=O) groups excluding carboxylic acids is 2. The zero-order chi connectivity index (χ0) is 17.4. The SMILES string of the molecule is CC[C@H](C)CCCCCCCCC(=O)C1=C(O)[C@@H](C)N(C)C1=O. The van der Waals surface area contributed by atoms with Crippen LogP contribution >= 0.6 is 0 Å². The Hall–Kier alpha value is -1.32. The maximum atomic E-state index is 12.1. The third-order valence-corrected chi connectivity index (χ3v) is 5.09. The number of likely N-dealkylation sites (N-methyl/N-ethyl adjacent to an activating group) is 1. The lowest BCUT2D eigenvalue weighted by Crippen LogP contribution is -2.30. The third-order valence-electron chi connectivity index (χ3n) is 5.09. The molecule has 0 bridgehead atoms. The van der Waals surface area contributed by atoms with E-state index in [9.17, 15) is 14.7 Å². The molecule has 1 N–H and O–H groups in total. The fourth-order valence-corrected chi connectivity index (χ4v) is 2.93. The maximum absolute atomic E-state index is 12.1. The van der Waals surface area contributed by atoms with Crippen molar-refractivity contribution in [1.82, 2.24) is 4.90 Å². The predicted octanol–water partition coefficient (Wildman–Crippen LogP) is 4.40. The number of aliphatic hydroxyl groups is 1. The van der Waals surface area contributed by atoms with Crippen molar-refractivity contribution in [3.8, 4) is 0 Å². The molecule has 4 heteroatoms. The molecule has 0 saturated heterocycles. The Kier molecular flexibility index (Phi) is 8.35. The molecule has 4 nitrogen and oxygen atoms in total. The number of hydrogen-bond donors (Lipinski definition) is 1. The predicted molar refractivity (Wildman–Crippen MR) is 93.3 cm³/mol. The number of carbonyl (C=O) groups is 2. The third kappa shape index (κ3) is 5.67. The Morgan fingerprint density at radius 3 is 2.26 bits per heavy atom. The molecule has 0 radical (unpaired) electrons. The molecular formula is C19H33NO3. The van der Waals surface area contributed by atoms with E-state index in [4.69, 9.17) is 0 Å². The Balaban J connectivity index is 2.17. The van der Waals surface area contributed by atoms with Crippen LogP contribution in [0.3, 0.4) is 0 Å². The minimum Gasteiger partial charge on any atom is -0.509 e. The molecule has 23 heavy (non-hydrogen) atoms. The van der Waals surface area contributed by atoms with Crippen molar-refractivity contribution in [2.24, 2.45) is 5.92 Å². The second kappa shape index (κ2) is 9.74. The van der Waals surface area contributed by atoms with Crippen LogP contribution in [0.1, 0.15) is 78.6 Å². The Labute approximate surface area is 140 Å². The first-order chi connectivity index (χ1) is 10.9. The lowest BCUT2D eigenvalue weighted by molar-refractivity contribution is -0.128. The summed E-state index contributed by atoms with van der Waals surface area (Å²) in [7, 11) is 1.61. The molecule has 1 heterocycles. The number of unbranched alkanes of at least 4 members (excludes halogenated alkanes) is 5. The largest absolute Gasteiger partial charge is 0.509 e. The van der Waals surface area contributed by atoms with Gasteiger partial charge >= 0.3 is 0 Å². The summed E-state index contributed by atoms with van der Waals surface area (Å²) >= 11 is 0. The summed E-state index contributed by atoms with van der Waals surface area (Å²) in [5.74, 6) is 0.219. The van der Waals surface area contributed by atoms with Gasteiger partial charge in [0.25, 0.3) is 5.91 Å². The zero-order valence-electron chi connectivity index (χ0n) is 15.2. The first-order valence-corrected chi connectivity index (χ1v) is 9.13. The average Bonchev–Trinajstić information content (AvgIpc) is 2.73. The summed E-state index contributed by atoms with van der Waals surface area (Å²) < 4.78 is 0. The molecule has 2 atom stereocenters. The first-order valence-electron chi connectivity index (χ1n) is 9.13. The normalized spacial score (nSPS) is 19.6. The summed E-state index contributed by atoms with van der Waals surface area (Å²) in [6.45, 7) is 6.27. The minimum absolute atomic E-state index is 0.00792. The second-order valence-electron chi connectivity index (χ2n) is 6.95. The molecule has 0 aromatic rings. The highest BCUT2D eigenvalue weighted by molar-refractivity contribution is 6.21. The van der Waals surface area contributed by atoms with E-state index >= 15 is 0 Å². The minimum atomic E-state index is -0.382. The fourth-order valence-electron chi connectivity index (χ4n) is 2.93. The van der Waals surface area contributed by atoms with E-state index in [-0.39, 0.29) is 29.1 Å². The van der Waals surface area contributed by atoms with E-state index in [1.165, 1.54) is 37.0 Å². The van der Waals surface area contributed by atoms with Gasteiger partial charge in [0.2, 0.25) is 0 Å². The van der Waals surface area contributed by atoms with Gasteiger partial charge in [0, 0.05) is 13.5 Å². The fraction of sp³-hybridized carbons (Fsp3) is 0.789. The molecule has 0 fully saturated rings. The van der Waals surface area contributed by atoms with Gasteiger partial charge < -0.3 is 10.0 Å². The lowest BCUT2D eigenvalue weighted by Gasteiger charge is -2.14. The molecule has 0 unspecified atom stereocenters. The summed E-state index contributed by atoms with van der Waals surface area (Å²) in [5, 5.41) is 9.93. The van der Waals surface area contributed by atoms with Crippen LogP contribution in [0.15, 0.2) is 11.3 Å². The molecule has 1 aliphatic rings.